The molecule has 4 N–H and O–H groups in total. The lowest BCUT2D eigenvalue weighted by Crippen LogP contribution is -2.37. The van der Waals surface area contributed by atoms with E-state index in [0.717, 1.165) is 39.1 Å². The summed E-state index contributed by atoms with van der Waals surface area (Å²) in [7, 11) is 0. The van der Waals surface area contributed by atoms with Crippen LogP contribution in [0.5, 0.6) is 0 Å². The third-order valence-corrected chi connectivity index (χ3v) is 12.6. The van der Waals surface area contributed by atoms with Gasteiger partial charge in [0.15, 0.2) is 0 Å². The average Bonchev–Trinajstić information content (AvgIpc) is 3.63. The fourth-order valence-electron chi connectivity index (χ4n) is 7.96. The van der Waals surface area contributed by atoms with E-state index < -0.39 is 0 Å². The van der Waals surface area contributed by atoms with Crippen molar-refractivity contribution < 1.29 is 19.7 Å². The first-order valence-corrected chi connectivity index (χ1v) is 25.6. The highest BCUT2D eigenvalue weighted by molar-refractivity contribution is 6.42. The molecule has 0 aliphatic carbocycles. The summed E-state index contributed by atoms with van der Waals surface area (Å²) in [4.78, 5) is 2.25. The quantitative estimate of drug-likeness (QED) is 0.0569. The second-order valence-corrected chi connectivity index (χ2v) is 18.3. The topological polar surface area (TPSA) is 88.2 Å². The molecule has 2 rings (SSSR count). The molecule has 0 bridgehead atoms. The van der Waals surface area contributed by atoms with Gasteiger partial charge in [-0.3, -0.25) is 4.90 Å². The van der Waals surface area contributed by atoms with Crippen LogP contribution in [0.2, 0.25) is 10.0 Å². The number of aliphatic hydroxyl groups is 2. The van der Waals surface area contributed by atoms with Gasteiger partial charge in [0, 0.05) is 26.3 Å². The monoisotopic (exact) mass is 857 g/mol. The number of nitrogens with zero attached hydrogens (tertiary/aromatic N) is 1. The molecule has 1 aliphatic heterocycles. The summed E-state index contributed by atoms with van der Waals surface area (Å²) in [6.45, 7) is 8.90. The number of unbranched alkanes of at least 4 members (excludes halogenated alkanes) is 30. The van der Waals surface area contributed by atoms with Crippen LogP contribution < -0.4 is 5.73 Å². The van der Waals surface area contributed by atoms with E-state index in [1.807, 2.05) is 12.1 Å². The normalized spacial score (nSPS) is 13.8. The van der Waals surface area contributed by atoms with Crippen LogP contribution in [0.3, 0.4) is 0 Å². The Labute approximate surface area is 369 Å². The Morgan fingerprint density at radius 2 is 0.776 bits per heavy atom. The van der Waals surface area contributed by atoms with Crippen molar-refractivity contribution in [2.75, 3.05) is 39.6 Å². The molecule has 0 saturated carbocycles. The zero-order valence-corrected chi connectivity index (χ0v) is 39.6. The van der Waals surface area contributed by atoms with Gasteiger partial charge in [-0.15, -0.1) is 0 Å². The summed E-state index contributed by atoms with van der Waals surface area (Å²) in [5, 5.41) is 19.8. The smallest absolute Gasteiger partial charge is 0.0644 e. The van der Waals surface area contributed by atoms with Crippen molar-refractivity contribution in [3.05, 3.63) is 33.3 Å². The molecular weight excluding hydrogens is 763 g/mol. The maximum Gasteiger partial charge on any atom is 0.0644 e. The summed E-state index contributed by atoms with van der Waals surface area (Å²) < 4.78 is 11.3. The third-order valence-electron chi connectivity index (χ3n) is 11.9. The molecule has 0 spiro atoms. The summed E-state index contributed by atoms with van der Waals surface area (Å²) in [5.74, 6) is 0. The number of aliphatic hydroxyl groups excluding tert-OH is 2. The Kier molecular flexibility index (Phi) is 40.1. The van der Waals surface area contributed by atoms with Crippen molar-refractivity contribution >= 4 is 23.2 Å². The lowest BCUT2D eigenvalue weighted by molar-refractivity contribution is 0.0277. The first-order valence-electron chi connectivity index (χ1n) is 24.8. The van der Waals surface area contributed by atoms with E-state index in [1.54, 1.807) is 0 Å². The number of ether oxygens (including phenoxy) is 2. The van der Waals surface area contributed by atoms with Gasteiger partial charge in [-0.1, -0.05) is 230 Å². The van der Waals surface area contributed by atoms with Crippen LogP contribution in [0, 0.1) is 0 Å². The van der Waals surface area contributed by atoms with Gasteiger partial charge in [0.25, 0.3) is 0 Å². The van der Waals surface area contributed by atoms with Crippen molar-refractivity contribution in [1.29, 1.82) is 0 Å². The third kappa shape index (κ3) is 32.3. The van der Waals surface area contributed by atoms with Crippen molar-refractivity contribution in [2.24, 2.45) is 5.73 Å². The highest BCUT2D eigenvalue weighted by Gasteiger charge is 2.26. The van der Waals surface area contributed by atoms with Gasteiger partial charge < -0.3 is 25.4 Å². The molecule has 1 aliphatic rings. The van der Waals surface area contributed by atoms with E-state index in [4.69, 9.17) is 43.5 Å². The largest absolute Gasteiger partial charge is 0.395 e. The van der Waals surface area contributed by atoms with Gasteiger partial charge in [-0.05, 0) is 36.1 Å². The van der Waals surface area contributed by atoms with Crippen molar-refractivity contribution in [2.45, 2.75) is 244 Å². The molecule has 58 heavy (non-hydrogen) atoms. The highest BCUT2D eigenvalue weighted by atomic mass is 35.5. The zero-order chi connectivity index (χ0) is 42.2. The fraction of sp³-hybridized carbons (Fsp3) is 0.880. The number of benzene rings is 1. The average molecular weight is 858 g/mol. The fourth-order valence-corrected chi connectivity index (χ4v) is 8.33. The highest BCUT2D eigenvalue weighted by Crippen LogP contribution is 2.32. The molecule has 1 aromatic carbocycles. The van der Waals surface area contributed by atoms with Gasteiger partial charge in [0.05, 0.1) is 48.6 Å². The van der Waals surface area contributed by atoms with Crippen LogP contribution in [-0.4, -0.2) is 66.8 Å². The maximum atomic E-state index is 9.84. The first kappa shape index (κ1) is 55.6. The SMILES string of the molecule is CCCCCCCCCCCCCCCCCCOC[C@@H](N)CO.CCCCCCCCCCCCCCCCCCOC[C@H](CO)N1Cc2cc(Cl)c(Cl)cc2C1. The van der Waals surface area contributed by atoms with Crippen LogP contribution >= 0.6 is 23.2 Å². The van der Waals surface area contributed by atoms with Crippen molar-refractivity contribution in [3.63, 3.8) is 0 Å². The number of hydrogen-bond donors (Lipinski definition) is 3. The summed E-state index contributed by atoms with van der Waals surface area (Å²) in [6, 6.07) is 3.70. The minimum absolute atomic E-state index is 0.0129. The van der Waals surface area contributed by atoms with E-state index in [2.05, 4.69) is 18.7 Å². The summed E-state index contributed by atoms with van der Waals surface area (Å²) in [6.07, 6.45) is 44.3. The molecule has 0 unspecified atom stereocenters. The maximum absolute atomic E-state index is 9.84. The van der Waals surface area contributed by atoms with Gasteiger partial charge >= 0.3 is 0 Å². The predicted molar refractivity (Wildman–Crippen MR) is 252 cm³/mol. The standard InChI is InChI=1S/C29H49Cl2NO2.C21H45NO2/c1-2-3-4-5-6-7-8-9-10-11-12-13-14-15-16-17-18-34-24-27(23-33)32-21-25-19-28(30)29(31)20-26(25)22-32;1-2-3-4-5-6-7-8-9-10-11-12-13-14-15-16-17-18-24-20-21(22)19-23/h19-20,27,33H,2-18,21-24H2,1H3;21,23H,2-20,22H2,1H3/t27-;21-/m00/s1. The molecule has 0 amide bonds. The number of fused-ring (bicyclic) bond motifs is 1. The summed E-state index contributed by atoms with van der Waals surface area (Å²) in [5.41, 5.74) is 7.97. The Morgan fingerprint density at radius 3 is 1.07 bits per heavy atom. The Morgan fingerprint density at radius 1 is 0.483 bits per heavy atom. The molecule has 8 heteroatoms. The van der Waals surface area contributed by atoms with E-state index in [0.29, 0.717) is 23.3 Å². The van der Waals surface area contributed by atoms with Gasteiger partial charge in [0.1, 0.15) is 0 Å². The van der Waals surface area contributed by atoms with Gasteiger partial charge in [0.2, 0.25) is 0 Å². The number of halogens is 2. The molecule has 1 aromatic rings. The molecular formula is C50H94Cl2N2O4. The van der Waals surface area contributed by atoms with Crippen LogP contribution in [0.1, 0.15) is 230 Å². The lowest BCUT2D eigenvalue weighted by atomic mass is 10.0. The van der Waals surface area contributed by atoms with Gasteiger partial charge in [-0.2, -0.15) is 0 Å². The van der Waals surface area contributed by atoms with Crippen LogP contribution in [0.25, 0.3) is 0 Å². The Balaban J connectivity index is 0.000000619. The number of nitrogens with two attached hydrogens (primary N) is 1. The molecule has 0 aromatic heterocycles. The van der Waals surface area contributed by atoms with Crippen molar-refractivity contribution in [1.82, 2.24) is 4.90 Å². The van der Waals surface area contributed by atoms with E-state index in [-0.39, 0.29) is 25.3 Å². The minimum Gasteiger partial charge on any atom is -0.395 e. The Hall–Kier alpha value is -0.440. The van der Waals surface area contributed by atoms with E-state index >= 15 is 0 Å². The molecule has 0 fully saturated rings. The molecule has 1 heterocycles. The lowest BCUT2D eigenvalue weighted by Gasteiger charge is -2.25. The zero-order valence-electron chi connectivity index (χ0n) is 38.1. The first-order chi connectivity index (χ1) is 28.5. The van der Waals surface area contributed by atoms with E-state index in [1.165, 1.54) is 204 Å². The number of rotatable bonds is 41. The molecule has 6 nitrogen and oxygen atoms in total. The van der Waals surface area contributed by atoms with E-state index in [9.17, 15) is 5.11 Å². The Bertz CT molecular complexity index is 987. The summed E-state index contributed by atoms with van der Waals surface area (Å²) >= 11 is 12.3. The molecule has 2 atom stereocenters. The van der Waals surface area contributed by atoms with Gasteiger partial charge in [-0.25, -0.2) is 0 Å². The number of hydrogen-bond acceptors (Lipinski definition) is 6. The van der Waals surface area contributed by atoms with Crippen molar-refractivity contribution in [3.8, 4) is 0 Å². The molecule has 0 saturated heterocycles. The molecule has 0 radical (unpaired) electrons. The minimum atomic E-state index is -0.217. The molecule has 342 valence electrons. The van der Waals surface area contributed by atoms with Crippen LogP contribution in [0.4, 0.5) is 0 Å². The second-order valence-electron chi connectivity index (χ2n) is 17.5. The van der Waals surface area contributed by atoms with Crippen LogP contribution in [-0.2, 0) is 22.6 Å². The van der Waals surface area contributed by atoms with Crippen LogP contribution in [0.15, 0.2) is 12.1 Å². The second kappa shape index (κ2) is 41.9. The predicted octanol–water partition coefficient (Wildman–Crippen LogP) is 14.5.